The van der Waals surface area contributed by atoms with Gasteiger partial charge < -0.3 is 4.84 Å². The molecule has 0 spiro atoms. The highest BCUT2D eigenvalue weighted by Gasteiger charge is 2.36. The number of thioether (sulfide) groups is 1. The van der Waals surface area contributed by atoms with Gasteiger partial charge in [-0.25, -0.2) is 17.6 Å². The highest BCUT2D eigenvalue weighted by atomic mass is 32.2. The van der Waals surface area contributed by atoms with Crippen LogP contribution >= 0.6 is 11.8 Å². The molecule has 0 aliphatic carbocycles. The summed E-state index contributed by atoms with van der Waals surface area (Å²) in [5.41, 5.74) is -0.363. The standard InChI is InChI=1S/C18H15F4NOS/c1-18(10-25-9-12-13(19)5-3-6-14(12)20)8-16(23-24-18)11-4-2-7-15(21)17(11)22/h2-7H,8-10H2,1H3. The van der Waals surface area contributed by atoms with Crippen LogP contribution in [0.5, 0.6) is 0 Å². The van der Waals surface area contributed by atoms with E-state index in [0.717, 1.165) is 6.07 Å². The van der Waals surface area contributed by atoms with E-state index in [9.17, 15) is 17.6 Å². The number of halogens is 4. The molecule has 2 aromatic rings. The molecule has 0 N–H and O–H groups in total. The first kappa shape index (κ1) is 17.8. The minimum Gasteiger partial charge on any atom is -0.388 e. The molecule has 7 heteroatoms. The SMILES string of the molecule is CC1(CSCc2c(F)cccc2F)CC(c2cccc(F)c2F)=NO1. The molecule has 1 aliphatic rings. The largest absolute Gasteiger partial charge is 0.388 e. The van der Waals surface area contributed by atoms with Crippen molar-refractivity contribution in [3.8, 4) is 0 Å². The first-order valence-electron chi connectivity index (χ1n) is 7.60. The van der Waals surface area contributed by atoms with Crippen LogP contribution < -0.4 is 0 Å². The van der Waals surface area contributed by atoms with Gasteiger partial charge in [0.2, 0.25) is 0 Å². The quantitative estimate of drug-likeness (QED) is 0.687. The monoisotopic (exact) mass is 369 g/mol. The molecule has 1 heterocycles. The smallest absolute Gasteiger partial charge is 0.167 e. The van der Waals surface area contributed by atoms with Gasteiger partial charge in [0.05, 0.1) is 5.71 Å². The minimum atomic E-state index is -0.963. The lowest BCUT2D eigenvalue weighted by atomic mass is 9.97. The van der Waals surface area contributed by atoms with Gasteiger partial charge in [-0.1, -0.05) is 17.3 Å². The molecule has 1 aliphatic heterocycles. The molecule has 1 atom stereocenters. The molecule has 132 valence electrons. The molecule has 3 rings (SSSR count). The Hall–Kier alpha value is -2.02. The Kier molecular flexibility index (Phi) is 5.03. The van der Waals surface area contributed by atoms with Crippen LogP contribution in [-0.4, -0.2) is 17.1 Å². The third kappa shape index (κ3) is 3.81. The molecule has 0 fully saturated rings. The van der Waals surface area contributed by atoms with Crippen LogP contribution in [0.1, 0.15) is 24.5 Å². The third-order valence-electron chi connectivity index (χ3n) is 3.90. The van der Waals surface area contributed by atoms with Crippen molar-refractivity contribution in [2.24, 2.45) is 5.16 Å². The lowest BCUT2D eigenvalue weighted by molar-refractivity contribution is 0.0163. The zero-order valence-electron chi connectivity index (χ0n) is 13.4. The highest BCUT2D eigenvalue weighted by Crippen LogP contribution is 2.32. The average Bonchev–Trinajstić information content (AvgIpc) is 2.95. The fourth-order valence-corrected chi connectivity index (χ4v) is 3.74. The second kappa shape index (κ2) is 7.07. The Morgan fingerprint density at radius 1 is 1.04 bits per heavy atom. The van der Waals surface area contributed by atoms with Gasteiger partial charge in [0.15, 0.2) is 11.6 Å². The Labute approximate surface area is 146 Å². The minimum absolute atomic E-state index is 0.00594. The normalized spacial score (nSPS) is 19.6. The summed E-state index contributed by atoms with van der Waals surface area (Å²) in [5.74, 6) is -2.56. The van der Waals surface area contributed by atoms with E-state index in [2.05, 4.69) is 5.16 Å². The van der Waals surface area contributed by atoms with Crippen LogP contribution in [0.25, 0.3) is 0 Å². The average molecular weight is 369 g/mol. The van der Waals surface area contributed by atoms with Gasteiger partial charge >= 0.3 is 0 Å². The summed E-state index contributed by atoms with van der Waals surface area (Å²) in [7, 11) is 0. The lowest BCUT2D eigenvalue weighted by Crippen LogP contribution is -2.28. The van der Waals surface area contributed by atoms with Crippen molar-refractivity contribution in [1.82, 2.24) is 0 Å². The van der Waals surface area contributed by atoms with Gasteiger partial charge in [-0.3, -0.25) is 0 Å². The Bertz CT molecular complexity index is 806. The van der Waals surface area contributed by atoms with E-state index in [4.69, 9.17) is 4.84 Å². The summed E-state index contributed by atoms with van der Waals surface area (Å²) in [6.45, 7) is 1.77. The number of nitrogens with zero attached hydrogens (tertiary/aromatic N) is 1. The summed E-state index contributed by atoms with van der Waals surface area (Å²) in [6, 6.07) is 7.61. The number of oxime groups is 1. The Morgan fingerprint density at radius 3 is 2.40 bits per heavy atom. The van der Waals surface area contributed by atoms with Crippen LogP contribution in [0.15, 0.2) is 41.6 Å². The van der Waals surface area contributed by atoms with E-state index in [1.54, 1.807) is 6.92 Å². The molecule has 25 heavy (non-hydrogen) atoms. The fourth-order valence-electron chi connectivity index (χ4n) is 2.57. The molecular formula is C18H15F4NOS. The summed E-state index contributed by atoms with van der Waals surface area (Å²) in [5, 5.41) is 3.87. The van der Waals surface area contributed by atoms with Crippen LogP contribution in [0.3, 0.4) is 0 Å². The van der Waals surface area contributed by atoms with Gasteiger partial charge in [0, 0.05) is 29.1 Å². The third-order valence-corrected chi connectivity index (χ3v) is 5.20. The van der Waals surface area contributed by atoms with Gasteiger partial charge in [-0.2, -0.15) is 11.8 Å². The van der Waals surface area contributed by atoms with Crippen molar-refractivity contribution in [1.29, 1.82) is 0 Å². The molecule has 0 bridgehead atoms. The van der Waals surface area contributed by atoms with Crippen LogP contribution in [0.2, 0.25) is 0 Å². The van der Waals surface area contributed by atoms with E-state index >= 15 is 0 Å². The number of benzene rings is 2. The maximum Gasteiger partial charge on any atom is 0.167 e. The van der Waals surface area contributed by atoms with Crippen LogP contribution in [0, 0.1) is 23.3 Å². The van der Waals surface area contributed by atoms with Crippen molar-refractivity contribution < 1.29 is 22.4 Å². The van der Waals surface area contributed by atoms with Crippen molar-refractivity contribution in [2.75, 3.05) is 5.75 Å². The van der Waals surface area contributed by atoms with Crippen molar-refractivity contribution in [3.63, 3.8) is 0 Å². The van der Waals surface area contributed by atoms with E-state index < -0.39 is 28.9 Å². The maximum atomic E-state index is 13.9. The van der Waals surface area contributed by atoms with Gasteiger partial charge in [0.25, 0.3) is 0 Å². The van der Waals surface area contributed by atoms with Gasteiger partial charge in [-0.05, 0) is 31.2 Å². The second-order valence-electron chi connectivity index (χ2n) is 6.05. The van der Waals surface area contributed by atoms with Crippen molar-refractivity contribution in [2.45, 2.75) is 24.7 Å². The summed E-state index contributed by atoms with van der Waals surface area (Å²) >= 11 is 1.29. The molecule has 0 saturated heterocycles. The summed E-state index contributed by atoms with van der Waals surface area (Å²) in [6.07, 6.45) is 0.278. The van der Waals surface area contributed by atoms with Crippen LogP contribution in [0.4, 0.5) is 17.6 Å². The first-order valence-corrected chi connectivity index (χ1v) is 8.75. The topological polar surface area (TPSA) is 21.6 Å². The van der Waals surface area contributed by atoms with Crippen LogP contribution in [-0.2, 0) is 10.6 Å². The lowest BCUT2D eigenvalue weighted by Gasteiger charge is -2.21. The fraction of sp³-hybridized carbons (Fsp3) is 0.278. The Morgan fingerprint density at radius 2 is 1.68 bits per heavy atom. The van der Waals surface area contributed by atoms with E-state index in [1.165, 1.54) is 42.1 Å². The molecular weight excluding hydrogens is 354 g/mol. The van der Waals surface area contributed by atoms with E-state index in [1.807, 2.05) is 0 Å². The number of hydrogen-bond acceptors (Lipinski definition) is 3. The van der Waals surface area contributed by atoms with Crippen molar-refractivity contribution in [3.05, 3.63) is 70.8 Å². The van der Waals surface area contributed by atoms with Gasteiger partial charge in [0.1, 0.15) is 17.2 Å². The molecule has 2 aromatic carbocycles. The molecule has 0 saturated carbocycles. The highest BCUT2D eigenvalue weighted by molar-refractivity contribution is 7.98. The molecule has 0 radical (unpaired) electrons. The number of hydrogen-bond donors (Lipinski definition) is 0. The van der Waals surface area contributed by atoms with Crippen molar-refractivity contribution >= 4 is 17.5 Å². The predicted molar refractivity (Wildman–Crippen MR) is 89.5 cm³/mol. The molecule has 0 aromatic heterocycles. The summed E-state index contributed by atoms with van der Waals surface area (Å²) < 4.78 is 54.5. The first-order chi connectivity index (χ1) is 11.9. The van der Waals surface area contributed by atoms with E-state index in [-0.39, 0.29) is 23.3 Å². The zero-order valence-corrected chi connectivity index (χ0v) is 14.2. The zero-order chi connectivity index (χ0) is 18.0. The molecule has 0 amide bonds. The molecule has 2 nitrogen and oxygen atoms in total. The Balaban J connectivity index is 1.63. The molecule has 1 unspecified atom stereocenters. The van der Waals surface area contributed by atoms with Gasteiger partial charge in [-0.15, -0.1) is 0 Å². The van der Waals surface area contributed by atoms with E-state index in [0.29, 0.717) is 11.5 Å². The summed E-state index contributed by atoms with van der Waals surface area (Å²) in [4.78, 5) is 5.39. The predicted octanol–water partition coefficient (Wildman–Crippen LogP) is 5.06. The maximum absolute atomic E-state index is 13.9. The number of rotatable bonds is 5. The second-order valence-corrected chi connectivity index (χ2v) is 7.04.